The first-order chi connectivity index (χ1) is 12.0. The molecule has 1 fully saturated rings. The van der Waals surface area contributed by atoms with Crippen molar-refractivity contribution >= 4 is 45.2 Å². The van der Waals surface area contributed by atoms with E-state index in [4.69, 9.17) is 28.1 Å². The van der Waals surface area contributed by atoms with Crippen LogP contribution in [0.4, 0.5) is 0 Å². The minimum Gasteiger partial charge on any atom is -0.490 e. The van der Waals surface area contributed by atoms with Gasteiger partial charge >= 0.3 is 0 Å². The summed E-state index contributed by atoms with van der Waals surface area (Å²) in [6.45, 7) is 5.09. The number of nitrogens with zero attached hydrogens (tertiary/aromatic N) is 1. The molecule has 1 aromatic carbocycles. The Morgan fingerprint density at radius 1 is 1.40 bits per heavy atom. The summed E-state index contributed by atoms with van der Waals surface area (Å²) in [6.07, 6.45) is 7.83. The smallest absolute Gasteiger partial charge is 0.276 e. The van der Waals surface area contributed by atoms with E-state index in [0.29, 0.717) is 39.9 Å². The molecule has 1 amide bonds. The van der Waals surface area contributed by atoms with Crippen molar-refractivity contribution in [3.8, 4) is 23.8 Å². The number of rotatable bonds is 7. The number of halogens is 1. The highest BCUT2D eigenvalue weighted by Gasteiger charge is 2.29. The molecule has 0 aromatic heterocycles. The molecule has 1 saturated heterocycles. The van der Waals surface area contributed by atoms with Gasteiger partial charge in [0.2, 0.25) is 0 Å². The Balaban J connectivity index is 2.35. The van der Waals surface area contributed by atoms with E-state index in [9.17, 15) is 4.79 Å². The minimum absolute atomic E-state index is 0.131. The van der Waals surface area contributed by atoms with Gasteiger partial charge in [0.15, 0.2) is 16.6 Å². The van der Waals surface area contributed by atoms with Crippen LogP contribution in [0.25, 0.3) is 6.08 Å². The zero-order valence-electron chi connectivity index (χ0n) is 14.1. The number of ether oxygens (including phenoxy) is 2. The number of terminal acetylenes is 1. The molecule has 1 aliphatic heterocycles. The van der Waals surface area contributed by atoms with E-state index in [-0.39, 0.29) is 12.5 Å². The quantitative estimate of drug-likeness (QED) is 0.414. The second kappa shape index (κ2) is 8.88. The third kappa shape index (κ3) is 4.53. The van der Waals surface area contributed by atoms with E-state index in [1.807, 2.05) is 19.9 Å². The third-order valence-electron chi connectivity index (χ3n) is 3.35. The number of carbonyl (C=O) groups is 1. The first kappa shape index (κ1) is 19.3. The van der Waals surface area contributed by atoms with Crippen molar-refractivity contribution in [3.63, 3.8) is 0 Å². The van der Waals surface area contributed by atoms with E-state index < -0.39 is 0 Å². The molecular weight excluding hydrogens is 404 g/mol. The Hall–Kier alpha value is -2.04. The normalized spacial score (nSPS) is 15.3. The monoisotopic (exact) mass is 422 g/mol. The highest BCUT2D eigenvalue weighted by Crippen LogP contribution is 2.37. The maximum Gasteiger partial charge on any atom is 0.276 e. The molecule has 0 bridgehead atoms. The van der Waals surface area contributed by atoms with Gasteiger partial charge in [0, 0.05) is 6.54 Å². The summed E-state index contributed by atoms with van der Waals surface area (Å²) in [5.41, 5.74) is 1.21. The Morgan fingerprint density at radius 2 is 2.16 bits per heavy atom. The van der Waals surface area contributed by atoms with Crippen LogP contribution >= 0.6 is 28.1 Å². The molecular formula is C18H19BrN2O3S. The number of amides is 1. The van der Waals surface area contributed by atoms with Crippen molar-refractivity contribution in [1.82, 2.24) is 10.2 Å². The summed E-state index contributed by atoms with van der Waals surface area (Å²) in [4.78, 5) is 14.0. The summed E-state index contributed by atoms with van der Waals surface area (Å²) in [5.74, 6) is 3.39. The Bertz CT molecular complexity index is 755. The Kier molecular flexibility index (Phi) is 6.85. The van der Waals surface area contributed by atoms with Gasteiger partial charge in [-0.3, -0.25) is 9.69 Å². The largest absolute Gasteiger partial charge is 0.490 e. The molecule has 132 valence electrons. The summed E-state index contributed by atoms with van der Waals surface area (Å²) in [5, 5.41) is 3.39. The van der Waals surface area contributed by atoms with Crippen LogP contribution in [0, 0.1) is 12.3 Å². The lowest BCUT2D eigenvalue weighted by Gasteiger charge is -2.13. The minimum atomic E-state index is -0.131. The molecule has 25 heavy (non-hydrogen) atoms. The average molecular weight is 423 g/mol. The van der Waals surface area contributed by atoms with Crippen LogP contribution < -0.4 is 14.8 Å². The Morgan fingerprint density at radius 3 is 2.80 bits per heavy atom. The molecule has 0 radical (unpaired) electrons. The molecule has 0 atom stereocenters. The van der Waals surface area contributed by atoms with E-state index in [1.165, 1.54) is 0 Å². The summed E-state index contributed by atoms with van der Waals surface area (Å²) in [6, 6.07) is 3.63. The molecule has 1 aliphatic rings. The number of hydrogen-bond donors (Lipinski definition) is 1. The van der Waals surface area contributed by atoms with Gasteiger partial charge in [-0.25, -0.2) is 0 Å². The van der Waals surface area contributed by atoms with Gasteiger partial charge < -0.3 is 14.8 Å². The van der Waals surface area contributed by atoms with Gasteiger partial charge in [0.25, 0.3) is 5.91 Å². The van der Waals surface area contributed by atoms with Crippen LogP contribution in [-0.2, 0) is 4.79 Å². The summed E-state index contributed by atoms with van der Waals surface area (Å²) < 4.78 is 11.9. The summed E-state index contributed by atoms with van der Waals surface area (Å²) >= 11 is 8.69. The van der Waals surface area contributed by atoms with Crippen molar-refractivity contribution in [3.05, 3.63) is 27.9 Å². The van der Waals surface area contributed by atoms with E-state index in [1.54, 1.807) is 17.0 Å². The molecule has 2 rings (SSSR count). The van der Waals surface area contributed by atoms with Gasteiger partial charge in [0.1, 0.15) is 12.3 Å². The van der Waals surface area contributed by atoms with Crippen LogP contribution in [-0.4, -0.2) is 35.7 Å². The predicted octanol–water partition coefficient (Wildman–Crippen LogP) is 3.33. The lowest BCUT2D eigenvalue weighted by atomic mass is 10.1. The van der Waals surface area contributed by atoms with Crippen LogP contribution in [0.3, 0.4) is 0 Å². The topological polar surface area (TPSA) is 50.8 Å². The van der Waals surface area contributed by atoms with Crippen LogP contribution in [0.5, 0.6) is 11.5 Å². The van der Waals surface area contributed by atoms with E-state index in [0.717, 1.165) is 12.0 Å². The van der Waals surface area contributed by atoms with Gasteiger partial charge in [-0.05, 0) is 65.3 Å². The fourth-order valence-electron chi connectivity index (χ4n) is 2.35. The summed E-state index contributed by atoms with van der Waals surface area (Å²) in [7, 11) is 0. The fourth-order valence-corrected chi connectivity index (χ4v) is 3.21. The molecule has 5 nitrogen and oxygen atoms in total. The lowest BCUT2D eigenvalue weighted by Crippen LogP contribution is -2.31. The zero-order valence-corrected chi connectivity index (χ0v) is 16.5. The number of nitrogens with one attached hydrogen (secondary N) is 1. The van der Waals surface area contributed by atoms with Gasteiger partial charge in [-0.15, -0.1) is 6.42 Å². The number of benzene rings is 1. The van der Waals surface area contributed by atoms with Crippen LogP contribution in [0.15, 0.2) is 22.3 Å². The van der Waals surface area contributed by atoms with E-state index in [2.05, 4.69) is 27.2 Å². The van der Waals surface area contributed by atoms with Crippen LogP contribution in [0.2, 0.25) is 0 Å². The second-order valence-electron chi connectivity index (χ2n) is 5.20. The zero-order chi connectivity index (χ0) is 18.4. The first-order valence-corrected chi connectivity index (χ1v) is 9.09. The maximum atomic E-state index is 12.4. The molecule has 7 heteroatoms. The standard InChI is InChI=1S/C18H19BrN2O3S/c1-4-7-21-17(22)14(20-18(21)25)10-12-9-13(19)16(24-8-5-2)15(11-12)23-6-3/h2,9-11H,4,6-8H2,1,3H3,(H,20,25)/b14-10-. The maximum absolute atomic E-state index is 12.4. The number of carbonyl (C=O) groups excluding carboxylic acids is 1. The molecule has 1 N–H and O–H groups in total. The van der Waals surface area contributed by atoms with Crippen LogP contribution in [0.1, 0.15) is 25.8 Å². The molecule has 0 unspecified atom stereocenters. The van der Waals surface area contributed by atoms with Crippen molar-refractivity contribution in [2.75, 3.05) is 19.8 Å². The molecule has 1 heterocycles. The first-order valence-electron chi connectivity index (χ1n) is 7.88. The third-order valence-corrected chi connectivity index (χ3v) is 4.26. The van der Waals surface area contributed by atoms with Crippen molar-refractivity contribution < 1.29 is 14.3 Å². The predicted molar refractivity (Wildman–Crippen MR) is 105 cm³/mol. The van der Waals surface area contributed by atoms with Gasteiger partial charge in [0.05, 0.1) is 11.1 Å². The lowest BCUT2D eigenvalue weighted by molar-refractivity contribution is -0.122. The highest BCUT2D eigenvalue weighted by atomic mass is 79.9. The molecule has 0 aliphatic carbocycles. The van der Waals surface area contributed by atoms with Crippen molar-refractivity contribution in [1.29, 1.82) is 0 Å². The second-order valence-corrected chi connectivity index (χ2v) is 6.44. The molecule has 0 saturated carbocycles. The number of thiocarbonyl (C=S) groups is 1. The van der Waals surface area contributed by atoms with Crippen molar-refractivity contribution in [2.24, 2.45) is 0 Å². The average Bonchev–Trinajstić information content (AvgIpc) is 2.82. The van der Waals surface area contributed by atoms with Gasteiger partial charge in [-0.2, -0.15) is 0 Å². The SMILES string of the molecule is C#CCOc1c(Br)cc(/C=C2\NC(=S)N(CCC)C2=O)cc1OCC. The van der Waals surface area contributed by atoms with Crippen molar-refractivity contribution in [2.45, 2.75) is 20.3 Å². The van der Waals surface area contributed by atoms with Gasteiger partial charge in [-0.1, -0.05) is 12.8 Å². The highest BCUT2D eigenvalue weighted by molar-refractivity contribution is 9.10. The Labute approximate surface area is 161 Å². The van der Waals surface area contributed by atoms with E-state index >= 15 is 0 Å². The fraction of sp³-hybridized carbons (Fsp3) is 0.333. The number of hydrogen-bond acceptors (Lipinski definition) is 4. The molecule has 0 spiro atoms. The molecule has 1 aromatic rings.